The van der Waals surface area contributed by atoms with E-state index in [1.54, 1.807) is 30.3 Å². The molecule has 1 rings (SSSR count). The van der Waals surface area contributed by atoms with Gasteiger partial charge in [-0.15, -0.1) is 0 Å². The van der Waals surface area contributed by atoms with Gasteiger partial charge >= 0.3 is 5.97 Å². The second kappa shape index (κ2) is 7.89. The highest BCUT2D eigenvalue weighted by Crippen LogP contribution is 2.11. The van der Waals surface area contributed by atoms with Crippen molar-refractivity contribution in [3.63, 3.8) is 0 Å². The summed E-state index contributed by atoms with van der Waals surface area (Å²) in [6.45, 7) is 1.47. The van der Waals surface area contributed by atoms with Crippen molar-refractivity contribution in [1.29, 1.82) is 0 Å². The van der Waals surface area contributed by atoms with E-state index in [-0.39, 0.29) is 24.5 Å². The monoisotopic (exact) mass is 275 g/mol. The van der Waals surface area contributed by atoms with E-state index in [2.05, 4.69) is 5.32 Å². The molecule has 106 valence electrons. The van der Waals surface area contributed by atoms with Crippen LogP contribution in [0.25, 0.3) is 6.08 Å². The van der Waals surface area contributed by atoms with Crippen molar-refractivity contribution in [2.45, 2.75) is 26.2 Å². The van der Waals surface area contributed by atoms with Gasteiger partial charge in [-0.1, -0.05) is 18.2 Å². The zero-order valence-corrected chi connectivity index (χ0v) is 11.3. The lowest BCUT2D eigenvalue weighted by molar-refractivity contribution is -0.137. The molecule has 2 N–H and O–H groups in total. The molecule has 5 heteroatoms. The molecular weight excluding hydrogens is 258 g/mol. The molecule has 0 bridgehead atoms. The molecule has 0 heterocycles. The number of amides is 1. The van der Waals surface area contributed by atoms with Crippen LogP contribution < -0.4 is 5.32 Å². The Labute approximate surface area is 117 Å². The van der Waals surface area contributed by atoms with E-state index in [1.807, 2.05) is 0 Å². The predicted molar refractivity (Wildman–Crippen MR) is 76.3 cm³/mol. The fourth-order valence-electron chi connectivity index (χ4n) is 1.51. The van der Waals surface area contributed by atoms with Crippen molar-refractivity contribution in [3.05, 3.63) is 35.9 Å². The maximum atomic E-state index is 11.5. The molecule has 0 radical (unpaired) electrons. The van der Waals surface area contributed by atoms with Crippen molar-refractivity contribution < 1.29 is 19.5 Å². The Morgan fingerprint density at radius 2 is 1.80 bits per heavy atom. The lowest BCUT2D eigenvalue weighted by Gasteiger charge is -2.04. The molecule has 0 aliphatic heterocycles. The summed E-state index contributed by atoms with van der Waals surface area (Å²) in [5.74, 6) is -1.14. The fourth-order valence-corrected chi connectivity index (χ4v) is 1.51. The highest BCUT2D eigenvalue weighted by atomic mass is 16.4. The van der Waals surface area contributed by atoms with Crippen molar-refractivity contribution in [2.75, 3.05) is 5.32 Å². The molecule has 0 saturated carbocycles. The van der Waals surface area contributed by atoms with Gasteiger partial charge in [0.25, 0.3) is 0 Å². The van der Waals surface area contributed by atoms with Crippen LogP contribution in [-0.4, -0.2) is 22.8 Å². The summed E-state index contributed by atoms with van der Waals surface area (Å²) >= 11 is 0. The highest BCUT2D eigenvalue weighted by molar-refractivity contribution is 5.92. The molecular formula is C15H17NO4. The molecule has 1 amide bonds. The van der Waals surface area contributed by atoms with Gasteiger partial charge in [-0.05, 0) is 37.1 Å². The maximum absolute atomic E-state index is 11.5. The van der Waals surface area contributed by atoms with E-state index >= 15 is 0 Å². The maximum Gasteiger partial charge on any atom is 0.303 e. The first-order valence-corrected chi connectivity index (χ1v) is 6.28. The Hall–Kier alpha value is -2.43. The molecule has 20 heavy (non-hydrogen) atoms. The predicted octanol–water partition coefficient (Wildman–Crippen LogP) is 2.48. The van der Waals surface area contributed by atoms with E-state index in [0.29, 0.717) is 12.1 Å². The second-order valence-corrected chi connectivity index (χ2v) is 4.36. The number of rotatable bonds is 7. The summed E-state index contributed by atoms with van der Waals surface area (Å²) < 4.78 is 0. The SMILES string of the molecule is CC(=O)/C=C/c1ccc(NC(=O)CCCC(=O)O)cc1. The molecule has 0 aliphatic carbocycles. The number of nitrogens with one attached hydrogen (secondary N) is 1. The number of carbonyl (C=O) groups excluding carboxylic acids is 2. The molecule has 0 saturated heterocycles. The van der Waals surface area contributed by atoms with Crippen molar-refractivity contribution in [1.82, 2.24) is 0 Å². The minimum absolute atomic E-state index is 0.0117. The first-order chi connectivity index (χ1) is 9.47. The van der Waals surface area contributed by atoms with Gasteiger partial charge in [0.1, 0.15) is 0 Å². The number of anilines is 1. The Kier molecular flexibility index (Phi) is 6.16. The summed E-state index contributed by atoms with van der Waals surface area (Å²) in [6.07, 6.45) is 3.65. The third kappa shape index (κ3) is 6.49. The van der Waals surface area contributed by atoms with Crippen LogP contribution in [0.4, 0.5) is 5.69 Å². The third-order valence-electron chi connectivity index (χ3n) is 2.50. The molecule has 0 aromatic heterocycles. The molecule has 0 fully saturated rings. The van der Waals surface area contributed by atoms with Crippen LogP contribution in [0.3, 0.4) is 0 Å². The first-order valence-electron chi connectivity index (χ1n) is 6.28. The number of carboxylic acids is 1. The fraction of sp³-hybridized carbons (Fsp3) is 0.267. The number of allylic oxidation sites excluding steroid dienone is 1. The number of hydrogen-bond acceptors (Lipinski definition) is 3. The zero-order valence-electron chi connectivity index (χ0n) is 11.3. The van der Waals surface area contributed by atoms with Gasteiger partial charge in [-0.25, -0.2) is 0 Å². The standard InChI is InChI=1S/C15H17NO4/c1-11(17)5-6-12-7-9-13(10-8-12)16-14(18)3-2-4-15(19)20/h5-10H,2-4H2,1H3,(H,16,18)(H,19,20)/b6-5+. The summed E-state index contributed by atoms with van der Waals surface area (Å²) in [7, 11) is 0. The number of carbonyl (C=O) groups is 3. The second-order valence-electron chi connectivity index (χ2n) is 4.36. The number of carboxylic acid groups (broad SMARTS) is 1. The van der Waals surface area contributed by atoms with E-state index in [9.17, 15) is 14.4 Å². The number of ketones is 1. The molecule has 1 aromatic carbocycles. The quantitative estimate of drug-likeness (QED) is 0.749. The van der Waals surface area contributed by atoms with Crippen LogP contribution in [0.5, 0.6) is 0 Å². The Morgan fingerprint density at radius 3 is 2.35 bits per heavy atom. The van der Waals surface area contributed by atoms with E-state index in [0.717, 1.165) is 5.56 Å². The third-order valence-corrected chi connectivity index (χ3v) is 2.50. The van der Waals surface area contributed by atoms with Gasteiger partial charge in [0.05, 0.1) is 0 Å². The van der Waals surface area contributed by atoms with Gasteiger partial charge in [0.15, 0.2) is 5.78 Å². The zero-order chi connectivity index (χ0) is 15.0. The molecule has 0 unspecified atom stereocenters. The number of aliphatic carboxylic acids is 1. The van der Waals surface area contributed by atoms with Gasteiger partial charge in [0, 0.05) is 18.5 Å². The van der Waals surface area contributed by atoms with E-state index in [1.165, 1.54) is 13.0 Å². The van der Waals surface area contributed by atoms with Crippen LogP contribution in [0.1, 0.15) is 31.7 Å². The Bertz CT molecular complexity index is 517. The molecule has 0 atom stereocenters. The molecule has 0 aliphatic rings. The van der Waals surface area contributed by atoms with Crippen LogP contribution in [0, 0.1) is 0 Å². The number of hydrogen-bond donors (Lipinski definition) is 2. The summed E-state index contributed by atoms with van der Waals surface area (Å²) in [5.41, 5.74) is 1.51. The minimum Gasteiger partial charge on any atom is -0.481 e. The van der Waals surface area contributed by atoms with E-state index < -0.39 is 5.97 Å². The lowest BCUT2D eigenvalue weighted by Crippen LogP contribution is -2.11. The van der Waals surface area contributed by atoms with Crippen LogP contribution in [0.15, 0.2) is 30.3 Å². The van der Waals surface area contributed by atoms with Crippen LogP contribution in [-0.2, 0) is 14.4 Å². The Balaban J connectivity index is 2.46. The molecule has 0 spiro atoms. The van der Waals surface area contributed by atoms with E-state index in [4.69, 9.17) is 5.11 Å². The summed E-state index contributed by atoms with van der Waals surface area (Å²) in [5, 5.41) is 11.2. The molecule has 1 aromatic rings. The van der Waals surface area contributed by atoms with Crippen molar-refractivity contribution in [3.8, 4) is 0 Å². The lowest BCUT2D eigenvalue weighted by atomic mass is 10.1. The first kappa shape index (κ1) is 15.6. The molecule has 5 nitrogen and oxygen atoms in total. The van der Waals surface area contributed by atoms with Crippen molar-refractivity contribution in [2.24, 2.45) is 0 Å². The number of benzene rings is 1. The summed E-state index contributed by atoms with van der Waals surface area (Å²) in [4.78, 5) is 32.6. The normalized spacial score (nSPS) is 10.4. The van der Waals surface area contributed by atoms with Gasteiger partial charge in [0.2, 0.25) is 5.91 Å². The van der Waals surface area contributed by atoms with Crippen molar-refractivity contribution >= 4 is 29.4 Å². The Morgan fingerprint density at radius 1 is 1.15 bits per heavy atom. The van der Waals surface area contributed by atoms with Crippen LogP contribution >= 0.6 is 0 Å². The highest BCUT2D eigenvalue weighted by Gasteiger charge is 2.04. The summed E-state index contributed by atoms with van der Waals surface area (Å²) in [6, 6.07) is 7.03. The van der Waals surface area contributed by atoms with Gasteiger partial charge < -0.3 is 10.4 Å². The minimum atomic E-state index is -0.903. The van der Waals surface area contributed by atoms with Crippen LogP contribution in [0.2, 0.25) is 0 Å². The largest absolute Gasteiger partial charge is 0.481 e. The smallest absolute Gasteiger partial charge is 0.303 e. The van der Waals surface area contributed by atoms with Gasteiger partial charge in [-0.2, -0.15) is 0 Å². The average molecular weight is 275 g/mol. The van der Waals surface area contributed by atoms with Gasteiger partial charge in [-0.3, -0.25) is 14.4 Å². The topological polar surface area (TPSA) is 83.5 Å². The average Bonchev–Trinajstić information content (AvgIpc) is 2.37.